The van der Waals surface area contributed by atoms with Gasteiger partial charge in [-0.25, -0.2) is 0 Å². The molecule has 1 fully saturated rings. The van der Waals surface area contributed by atoms with E-state index in [9.17, 15) is 9.59 Å². The van der Waals surface area contributed by atoms with Crippen molar-refractivity contribution in [3.05, 3.63) is 26.6 Å². The second-order valence-corrected chi connectivity index (χ2v) is 7.36. The van der Waals surface area contributed by atoms with E-state index in [1.807, 2.05) is 11.4 Å². The maximum absolute atomic E-state index is 12.4. The van der Waals surface area contributed by atoms with Gasteiger partial charge in [-0.05, 0) is 49.3 Å². The lowest BCUT2D eigenvalue weighted by molar-refractivity contribution is -0.121. The van der Waals surface area contributed by atoms with E-state index >= 15 is 0 Å². The van der Waals surface area contributed by atoms with Crippen LogP contribution in [0.4, 0.5) is 0 Å². The van der Waals surface area contributed by atoms with Crippen LogP contribution in [0.25, 0.3) is 10.2 Å². The second kappa shape index (κ2) is 7.40. The van der Waals surface area contributed by atoms with E-state index in [0.29, 0.717) is 28.5 Å². The highest BCUT2D eigenvalue weighted by Gasteiger charge is 2.16. The van der Waals surface area contributed by atoms with Crippen LogP contribution < -0.4 is 10.9 Å². The quantitative estimate of drug-likeness (QED) is 0.619. The van der Waals surface area contributed by atoms with Gasteiger partial charge in [0, 0.05) is 19.0 Å². The van der Waals surface area contributed by atoms with Crippen LogP contribution in [0.5, 0.6) is 0 Å². The SMILES string of the molecule is O=C(CCCCn1c(=S)[nH]c2ccsc2c1=O)NC1CCCC1. The monoisotopic (exact) mass is 351 g/mol. The molecule has 0 saturated heterocycles. The van der Waals surface area contributed by atoms with Crippen LogP contribution in [0.3, 0.4) is 0 Å². The van der Waals surface area contributed by atoms with E-state index in [4.69, 9.17) is 12.2 Å². The van der Waals surface area contributed by atoms with E-state index in [0.717, 1.165) is 31.2 Å². The van der Waals surface area contributed by atoms with Crippen molar-refractivity contribution in [3.63, 3.8) is 0 Å². The molecule has 2 N–H and O–H groups in total. The molecule has 2 heterocycles. The van der Waals surface area contributed by atoms with Crippen LogP contribution in [0, 0.1) is 4.77 Å². The molecule has 23 heavy (non-hydrogen) atoms. The smallest absolute Gasteiger partial charge is 0.272 e. The number of hydrogen-bond acceptors (Lipinski definition) is 4. The number of amides is 1. The predicted octanol–water partition coefficient (Wildman–Crippen LogP) is 3.35. The van der Waals surface area contributed by atoms with E-state index in [1.54, 1.807) is 4.57 Å². The molecule has 1 aliphatic carbocycles. The van der Waals surface area contributed by atoms with E-state index in [1.165, 1.54) is 24.2 Å². The molecule has 1 amide bonds. The van der Waals surface area contributed by atoms with E-state index in [2.05, 4.69) is 10.3 Å². The van der Waals surface area contributed by atoms with Gasteiger partial charge in [-0.3, -0.25) is 14.2 Å². The highest BCUT2D eigenvalue weighted by Crippen LogP contribution is 2.18. The molecule has 2 aromatic rings. The average Bonchev–Trinajstić information content (AvgIpc) is 3.17. The van der Waals surface area contributed by atoms with Crippen molar-refractivity contribution >= 4 is 39.7 Å². The lowest BCUT2D eigenvalue weighted by Gasteiger charge is -2.11. The number of fused-ring (bicyclic) bond motifs is 1. The first kappa shape index (κ1) is 16.4. The molecule has 0 atom stereocenters. The third kappa shape index (κ3) is 3.90. The fraction of sp³-hybridized carbons (Fsp3) is 0.562. The minimum Gasteiger partial charge on any atom is -0.353 e. The van der Waals surface area contributed by atoms with E-state index < -0.39 is 0 Å². The highest BCUT2D eigenvalue weighted by molar-refractivity contribution is 7.71. The third-order valence-corrected chi connectivity index (χ3v) is 5.57. The van der Waals surface area contributed by atoms with Crippen molar-refractivity contribution in [1.82, 2.24) is 14.9 Å². The zero-order valence-corrected chi connectivity index (χ0v) is 14.6. The van der Waals surface area contributed by atoms with Gasteiger partial charge in [-0.2, -0.15) is 0 Å². The van der Waals surface area contributed by atoms with Crippen LogP contribution in [-0.4, -0.2) is 21.5 Å². The lowest BCUT2D eigenvalue weighted by atomic mass is 10.2. The molecule has 1 aliphatic rings. The number of carbonyl (C=O) groups is 1. The molecule has 0 unspecified atom stereocenters. The third-order valence-electron chi connectivity index (χ3n) is 4.35. The molecule has 0 aliphatic heterocycles. The van der Waals surface area contributed by atoms with Gasteiger partial charge >= 0.3 is 0 Å². The summed E-state index contributed by atoms with van der Waals surface area (Å²) >= 11 is 6.69. The van der Waals surface area contributed by atoms with Gasteiger partial charge in [0.15, 0.2) is 4.77 Å². The number of thiophene rings is 1. The van der Waals surface area contributed by atoms with Crippen molar-refractivity contribution in [2.45, 2.75) is 57.5 Å². The zero-order chi connectivity index (χ0) is 16.2. The zero-order valence-electron chi connectivity index (χ0n) is 13.0. The number of nitrogens with zero attached hydrogens (tertiary/aromatic N) is 1. The van der Waals surface area contributed by atoms with Crippen molar-refractivity contribution in [1.29, 1.82) is 0 Å². The molecule has 5 nitrogen and oxygen atoms in total. The normalized spacial score (nSPS) is 15.3. The Morgan fingerprint density at radius 1 is 1.39 bits per heavy atom. The van der Waals surface area contributed by atoms with Gasteiger partial charge in [-0.1, -0.05) is 12.8 Å². The van der Waals surface area contributed by atoms with Crippen LogP contribution >= 0.6 is 23.6 Å². The number of carbonyl (C=O) groups excluding carboxylic acids is 1. The largest absolute Gasteiger partial charge is 0.353 e. The summed E-state index contributed by atoms with van der Waals surface area (Å²) in [5, 5.41) is 4.97. The molecule has 3 rings (SSSR count). The Kier molecular flexibility index (Phi) is 5.27. The van der Waals surface area contributed by atoms with Gasteiger partial charge in [0.05, 0.1) is 5.52 Å². The van der Waals surface area contributed by atoms with Crippen molar-refractivity contribution < 1.29 is 4.79 Å². The topological polar surface area (TPSA) is 66.9 Å². The van der Waals surface area contributed by atoms with Crippen LogP contribution in [0.2, 0.25) is 0 Å². The lowest BCUT2D eigenvalue weighted by Crippen LogP contribution is -2.32. The van der Waals surface area contributed by atoms with Gasteiger partial charge in [-0.15, -0.1) is 11.3 Å². The van der Waals surface area contributed by atoms with Crippen LogP contribution in [0.15, 0.2) is 16.2 Å². The standard InChI is InChI=1S/C16H21N3O2S2/c20-13(17-11-5-1-2-6-11)7-3-4-9-19-15(21)14-12(8-10-23-14)18-16(19)22/h8,10-11H,1-7,9H2,(H,17,20)(H,18,22). The number of unbranched alkanes of at least 4 members (excludes halogenated alkanes) is 1. The first-order valence-electron chi connectivity index (χ1n) is 8.15. The van der Waals surface area contributed by atoms with Gasteiger partial charge in [0.1, 0.15) is 4.70 Å². The molecular formula is C16H21N3O2S2. The summed E-state index contributed by atoms with van der Waals surface area (Å²) in [5.74, 6) is 0.128. The molecule has 7 heteroatoms. The van der Waals surface area contributed by atoms with Gasteiger partial charge < -0.3 is 10.3 Å². The summed E-state index contributed by atoms with van der Waals surface area (Å²) in [6.07, 6.45) is 6.71. The summed E-state index contributed by atoms with van der Waals surface area (Å²) in [6, 6.07) is 2.25. The van der Waals surface area contributed by atoms with Crippen LogP contribution in [0.1, 0.15) is 44.9 Å². The Morgan fingerprint density at radius 2 is 2.17 bits per heavy atom. The molecule has 2 aromatic heterocycles. The molecule has 0 aromatic carbocycles. The Hall–Kier alpha value is -1.47. The Labute approximate surface area is 143 Å². The van der Waals surface area contributed by atoms with Crippen molar-refractivity contribution in [3.8, 4) is 0 Å². The fourth-order valence-electron chi connectivity index (χ4n) is 3.10. The minimum absolute atomic E-state index is 0.0332. The number of hydrogen-bond donors (Lipinski definition) is 2. The van der Waals surface area contributed by atoms with Crippen LogP contribution in [-0.2, 0) is 11.3 Å². The molecule has 1 saturated carbocycles. The fourth-order valence-corrected chi connectivity index (χ4v) is 4.18. The number of nitrogens with one attached hydrogen (secondary N) is 2. The number of rotatable bonds is 6. The minimum atomic E-state index is -0.0332. The summed E-state index contributed by atoms with van der Waals surface area (Å²) in [7, 11) is 0. The molecule has 124 valence electrons. The first-order valence-corrected chi connectivity index (χ1v) is 9.43. The van der Waals surface area contributed by atoms with Crippen molar-refractivity contribution in [2.24, 2.45) is 0 Å². The Morgan fingerprint density at radius 3 is 2.96 bits per heavy atom. The molecular weight excluding hydrogens is 330 g/mol. The van der Waals surface area contributed by atoms with Crippen molar-refractivity contribution in [2.75, 3.05) is 0 Å². The summed E-state index contributed by atoms with van der Waals surface area (Å²) in [6.45, 7) is 0.554. The summed E-state index contributed by atoms with van der Waals surface area (Å²) in [4.78, 5) is 27.3. The number of aromatic nitrogens is 2. The molecule has 0 spiro atoms. The van der Waals surface area contributed by atoms with E-state index in [-0.39, 0.29) is 11.5 Å². The summed E-state index contributed by atoms with van der Waals surface area (Å²) in [5.41, 5.74) is 0.770. The number of H-pyrrole nitrogens is 1. The average molecular weight is 351 g/mol. The first-order chi connectivity index (χ1) is 11.1. The Balaban J connectivity index is 1.51. The molecule has 0 radical (unpaired) electrons. The summed E-state index contributed by atoms with van der Waals surface area (Å²) < 4.78 is 2.76. The maximum Gasteiger partial charge on any atom is 0.272 e. The Bertz CT molecular complexity index is 799. The predicted molar refractivity (Wildman–Crippen MR) is 95.5 cm³/mol. The van der Waals surface area contributed by atoms with Gasteiger partial charge in [0.2, 0.25) is 5.91 Å². The number of aromatic amines is 1. The second-order valence-electron chi connectivity index (χ2n) is 6.06. The highest BCUT2D eigenvalue weighted by atomic mass is 32.1. The van der Waals surface area contributed by atoms with Gasteiger partial charge in [0.25, 0.3) is 5.56 Å². The molecule has 0 bridgehead atoms. The maximum atomic E-state index is 12.4.